The third kappa shape index (κ3) is 3.39. The van der Waals surface area contributed by atoms with Crippen LogP contribution in [0.15, 0.2) is 18.2 Å². The van der Waals surface area contributed by atoms with Gasteiger partial charge in [-0.15, -0.1) is 0 Å². The summed E-state index contributed by atoms with van der Waals surface area (Å²) in [6.45, 7) is 6.61. The summed E-state index contributed by atoms with van der Waals surface area (Å²) in [5, 5.41) is 0. The second kappa shape index (κ2) is 5.78. The zero-order chi connectivity index (χ0) is 12.3. The molecule has 1 saturated heterocycles. The molecule has 2 N–H and O–H groups in total. The molecule has 2 nitrogen and oxygen atoms in total. The van der Waals surface area contributed by atoms with Crippen molar-refractivity contribution in [2.45, 2.75) is 26.3 Å². The van der Waals surface area contributed by atoms with Crippen molar-refractivity contribution in [1.29, 1.82) is 0 Å². The fraction of sp³-hybridized carbons (Fsp3) is 0.571. The summed E-state index contributed by atoms with van der Waals surface area (Å²) in [6, 6.07) is 7.05. The molecule has 0 aliphatic carbocycles. The predicted octanol–water partition coefficient (Wildman–Crippen LogP) is 2.44. The van der Waals surface area contributed by atoms with Crippen molar-refractivity contribution >= 4 is 17.4 Å². The van der Waals surface area contributed by atoms with Crippen molar-refractivity contribution in [3.8, 4) is 0 Å². The van der Waals surface area contributed by atoms with Gasteiger partial charge >= 0.3 is 0 Å². The normalized spacial score (nSPS) is 18.2. The number of benzene rings is 1. The summed E-state index contributed by atoms with van der Waals surface area (Å²) in [6.07, 6.45) is 0.974. The molecule has 17 heavy (non-hydrogen) atoms. The molecule has 1 fully saturated rings. The Bertz CT molecular complexity index is 370. The third-order valence-electron chi connectivity index (χ3n) is 3.24. The fourth-order valence-corrected chi connectivity index (χ4v) is 3.18. The smallest absolute Gasteiger partial charge is 0.0369 e. The second-order valence-electron chi connectivity index (χ2n) is 4.89. The van der Waals surface area contributed by atoms with Crippen LogP contribution >= 0.6 is 11.8 Å². The highest BCUT2D eigenvalue weighted by Gasteiger charge is 2.12. The van der Waals surface area contributed by atoms with Gasteiger partial charge in [0.15, 0.2) is 0 Å². The molecule has 0 bridgehead atoms. The van der Waals surface area contributed by atoms with E-state index in [2.05, 4.69) is 48.7 Å². The summed E-state index contributed by atoms with van der Waals surface area (Å²) in [7, 11) is 0. The van der Waals surface area contributed by atoms with Gasteiger partial charge in [-0.3, -0.25) is 0 Å². The highest BCUT2D eigenvalue weighted by Crippen LogP contribution is 2.22. The Morgan fingerprint density at radius 3 is 2.65 bits per heavy atom. The number of thioether (sulfide) groups is 1. The monoisotopic (exact) mass is 250 g/mol. The van der Waals surface area contributed by atoms with Crippen LogP contribution in [0.2, 0.25) is 0 Å². The molecular formula is C14H22N2S. The van der Waals surface area contributed by atoms with E-state index in [1.54, 1.807) is 0 Å². The van der Waals surface area contributed by atoms with Crippen LogP contribution in [-0.2, 0) is 6.42 Å². The van der Waals surface area contributed by atoms with Crippen LogP contribution in [-0.4, -0.2) is 30.6 Å². The van der Waals surface area contributed by atoms with Gasteiger partial charge in [0.05, 0.1) is 0 Å². The number of aryl methyl sites for hydroxylation is 1. The van der Waals surface area contributed by atoms with Gasteiger partial charge in [0, 0.05) is 36.3 Å². The number of hydrogen-bond donors (Lipinski definition) is 1. The lowest BCUT2D eigenvalue weighted by Crippen LogP contribution is -2.32. The van der Waals surface area contributed by atoms with E-state index in [0.29, 0.717) is 0 Å². The molecule has 1 aromatic carbocycles. The molecular weight excluding hydrogens is 228 g/mol. The molecule has 1 aliphatic rings. The van der Waals surface area contributed by atoms with Crippen LogP contribution in [0.1, 0.15) is 18.1 Å². The van der Waals surface area contributed by atoms with Gasteiger partial charge in [0.2, 0.25) is 0 Å². The van der Waals surface area contributed by atoms with Gasteiger partial charge in [0.25, 0.3) is 0 Å². The molecule has 3 heteroatoms. The van der Waals surface area contributed by atoms with E-state index in [-0.39, 0.29) is 6.04 Å². The average Bonchev–Trinajstić information content (AvgIpc) is 2.32. The molecule has 0 saturated carbocycles. The third-order valence-corrected chi connectivity index (χ3v) is 4.19. The molecule has 94 valence electrons. The summed E-state index contributed by atoms with van der Waals surface area (Å²) in [4.78, 5) is 2.49. The lowest BCUT2D eigenvalue weighted by atomic mass is 10.0. The minimum atomic E-state index is 0.242. The van der Waals surface area contributed by atoms with Crippen molar-refractivity contribution in [3.63, 3.8) is 0 Å². The van der Waals surface area contributed by atoms with Crippen LogP contribution in [0, 0.1) is 6.92 Å². The van der Waals surface area contributed by atoms with Crippen LogP contribution in [0.4, 0.5) is 5.69 Å². The van der Waals surface area contributed by atoms with Crippen LogP contribution in [0.25, 0.3) is 0 Å². The molecule has 0 spiro atoms. The number of hydrogen-bond acceptors (Lipinski definition) is 3. The number of rotatable bonds is 3. The van der Waals surface area contributed by atoms with Crippen LogP contribution < -0.4 is 10.6 Å². The first-order chi connectivity index (χ1) is 8.16. The zero-order valence-electron chi connectivity index (χ0n) is 10.8. The van der Waals surface area contributed by atoms with Gasteiger partial charge < -0.3 is 10.6 Å². The van der Waals surface area contributed by atoms with Crippen LogP contribution in [0.3, 0.4) is 0 Å². The van der Waals surface area contributed by atoms with Gasteiger partial charge in [-0.1, -0.05) is 6.07 Å². The standard InChI is InChI=1S/C14H22N2S/c1-11-9-14(16-5-7-17-8-6-16)4-3-13(11)10-12(2)15/h3-4,9,12H,5-8,10,15H2,1-2H3. The molecule has 2 rings (SSSR count). The summed E-state index contributed by atoms with van der Waals surface area (Å²) in [5.74, 6) is 2.50. The minimum absolute atomic E-state index is 0.242. The quantitative estimate of drug-likeness (QED) is 0.893. The van der Waals surface area contributed by atoms with E-state index in [9.17, 15) is 0 Å². The predicted molar refractivity (Wildman–Crippen MR) is 78.1 cm³/mol. The number of nitrogens with two attached hydrogens (primary N) is 1. The summed E-state index contributed by atoms with van der Waals surface area (Å²) >= 11 is 2.05. The summed E-state index contributed by atoms with van der Waals surface area (Å²) < 4.78 is 0. The van der Waals surface area contributed by atoms with E-state index in [1.165, 1.54) is 41.4 Å². The Morgan fingerprint density at radius 1 is 1.35 bits per heavy atom. The van der Waals surface area contributed by atoms with Crippen molar-refractivity contribution in [1.82, 2.24) is 0 Å². The molecule has 0 amide bonds. The van der Waals surface area contributed by atoms with Gasteiger partial charge in [-0.2, -0.15) is 11.8 Å². The van der Waals surface area contributed by atoms with Crippen LogP contribution in [0.5, 0.6) is 0 Å². The first kappa shape index (κ1) is 12.8. The van der Waals surface area contributed by atoms with Crippen molar-refractivity contribution in [3.05, 3.63) is 29.3 Å². The maximum atomic E-state index is 5.86. The topological polar surface area (TPSA) is 29.3 Å². The molecule has 1 heterocycles. The zero-order valence-corrected chi connectivity index (χ0v) is 11.6. The highest BCUT2D eigenvalue weighted by molar-refractivity contribution is 7.99. The maximum Gasteiger partial charge on any atom is 0.0369 e. The molecule has 1 aromatic rings. The largest absolute Gasteiger partial charge is 0.370 e. The first-order valence-electron chi connectivity index (χ1n) is 6.34. The Balaban J connectivity index is 2.12. The van der Waals surface area contributed by atoms with Gasteiger partial charge in [-0.25, -0.2) is 0 Å². The van der Waals surface area contributed by atoms with E-state index < -0.39 is 0 Å². The van der Waals surface area contributed by atoms with Crippen molar-refractivity contribution in [2.24, 2.45) is 5.73 Å². The van der Waals surface area contributed by atoms with Gasteiger partial charge in [0.1, 0.15) is 0 Å². The van der Waals surface area contributed by atoms with E-state index >= 15 is 0 Å². The summed E-state index contributed by atoms with van der Waals surface area (Å²) in [5.41, 5.74) is 9.99. The molecule has 1 unspecified atom stereocenters. The lowest BCUT2D eigenvalue weighted by Gasteiger charge is -2.29. The maximum absolute atomic E-state index is 5.86. The van der Waals surface area contributed by atoms with Gasteiger partial charge in [-0.05, 0) is 43.5 Å². The molecule has 0 aromatic heterocycles. The Hall–Kier alpha value is -0.670. The van der Waals surface area contributed by atoms with Crippen molar-refractivity contribution in [2.75, 3.05) is 29.5 Å². The second-order valence-corrected chi connectivity index (χ2v) is 6.12. The van der Waals surface area contributed by atoms with E-state index in [0.717, 1.165) is 6.42 Å². The van der Waals surface area contributed by atoms with Crippen molar-refractivity contribution < 1.29 is 0 Å². The van der Waals surface area contributed by atoms with E-state index in [4.69, 9.17) is 5.73 Å². The molecule has 1 atom stereocenters. The number of anilines is 1. The Labute approximate surface area is 109 Å². The molecule has 1 aliphatic heterocycles. The Morgan fingerprint density at radius 2 is 2.06 bits per heavy atom. The highest BCUT2D eigenvalue weighted by atomic mass is 32.2. The SMILES string of the molecule is Cc1cc(N2CCSCC2)ccc1CC(C)N. The fourth-order valence-electron chi connectivity index (χ4n) is 2.27. The average molecular weight is 250 g/mol. The molecule has 0 radical (unpaired) electrons. The first-order valence-corrected chi connectivity index (χ1v) is 7.50. The van der Waals surface area contributed by atoms with E-state index in [1.807, 2.05) is 0 Å². The minimum Gasteiger partial charge on any atom is -0.370 e. The lowest BCUT2D eigenvalue weighted by molar-refractivity contribution is 0.734. The number of nitrogens with zero attached hydrogens (tertiary/aromatic N) is 1. The Kier molecular flexibility index (Phi) is 4.35.